The summed E-state index contributed by atoms with van der Waals surface area (Å²) in [6.45, 7) is 1.80. The summed E-state index contributed by atoms with van der Waals surface area (Å²) in [5.74, 6) is 0.351. The topological polar surface area (TPSA) is 103 Å². The molecule has 2 aromatic heterocycles. The van der Waals surface area contributed by atoms with Crippen LogP contribution >= 0.6 is 22.9 Å². The number of fused-ring (bicyclic) bond motifs is 1. The Hall–Kier alpha value is -2.95. The van der Waals surface area contributed by atoms with Crippen molar-refractivity contribution in [1.82, 2.24) is 14.8 Å². The molecule has 0 saturated carbocycles. The van der Waals surface area contributed by atoms with Gasteiger partial charge in [0.05, 0.1) is 33.7 Å². The smallest absolute Gasteiger partial charge is 0.226 e. The number of nitrogens with zero attached hydrogens (tertiary/aromatic N) is 3. The number of halogens is 1. The Kier molecular flexibility index (Phi) is 6.18. The van der Waals surface area contributed by atoms with Crippen LogP contribution in [-0.2, 0) is 14.6 Å². The SMILES string of the molecule is COc1ccc2sc(-n3nc(C)cc3NC(=O)CCS(=O)(=O)c3ccc(Cl)cc3)nc2c1. The number of rotatable bonds is 7. The summed E-state index contributed by atoms with van der Waals surface area (Å²) in [6, 6.07) is 13.1. The molecule has 11 heteroatoms. The molecule has 1 N–H and O–H groups in total. The van der Waals surface area contributed by atoms with Crippen molar-refractivity contribution in [2.24, 2.45) is 0 Å². The Morgan fingerprint density at radius 3 is 2.66 bits per heavy atom. The van der Waals surface area contributed by atoms with E-state index in [0.717, 1.165) is 10.2 Å². The van der Waals surface area contributed by atoms with E-state index in [1.54, 1.807) is 20.1 Å². The minimum atomic E-state index is -3.61. The van der Waals surface area contributed by atoms with Crippen LogP contribution in [0.25, 0.3) is 15.3 Å². The molecule has 4 rings (SSSR count). The maximum Gasteiger partial charge on any atom is 0.226 e. The first kappa shape index (κ1) is 22.3. The molecule has 0 atom stereocenters. The van der Waals surface area contributed by atoms with Crippen molar-refractivity contribution in [1.29, 1.82) is 0 Å². The van der Waals surface area contributed by atoms with Crippen LogP contribution in [0.15, 0.2) is 53.4 Å². The third kappa shape index (κ3) is 4.77. The molecule has 0 aliphatic rings. The van der Waals surface area contributed by atoms with Gasteiger partial charge in [0.25, 0.3) is 0 Å². The summed E-state index contributed by atoms with van der Waals surface area (Å²) >= 11 is 7.23. The van der Waals surface area contributed by atoms with Crippen LogP contribution < -0.4 is 10.1 Å². The average molecular weight is 491 g/mol. The van der Waals surface area contributed by atoms with Crippen molar-refractivity contribution in [3.63, 3.8) is 0 Å². The Bertz CT molecular complexity index is 1400. The molecule has 0 bridgehead atoms. The second-order valence-corrected chi connectivity index (χ2v) is 10.5. The van der Waals surface area contributed by atoms with Gasteiger partial charge in [-0.15, -0.1) is 0 Å². The summed E-state index contributed by atoms with van der Waals surface area (Å²) in [5.41, 5.74) is 1.44. The fourth-order valence-corrected chi connectivity index (χ4v) is 5.32. The second kappa shape index (κ2) is 8.89. The highest BCUT2D eigenvalue weighted by atomic mass is 35.5. The molecule has 1 amide bonds. The van der Waals surface area contributed by atoms with Crippen LogP contribution in [-0.4, -0.2) is 42.0 Å². The van der Waals surface area contributed by atoms with Gasteiger partial charge < -0.3 is 10.1 Å². The van der Waals surface area contributed by atoms with Crippen LogP contribution in [0.3, 0.4) is 0 Å². The molecule has 166 valence electrons. The van der Waals surface area contributed by atoms with Crippen molar-refractivity contribution in [2.45, 2.75) is 18.2 Å². The van der Waals surface area contributed by atoms with Crippen molar-refractivity contribution >= 4 is 54.7 Å². The highest BCUT2D eigenvalue weighted by Gasteiger charge is 2.19. The van der Waals surface area contributed by atoms with Crippen molar-refractivity contribution in [3.8, 4) is 10.9 Å². The van der Waals surface area contributed by atoms with E-state index in [0.29, 0.717) is 27.4 Å². The molecule has 0 unspecified atom stereocenters. The summed E-state index contributed by atoms with van der Waals surface area (Å²) in [7, 11) is -2.02. The Morgan fingerprint density at radius 1 is 1.19 bits per heavy atom. The number of aryl methyl sites for hydroxylation is 1. The molecule has 2 heterocycles. The number of carbonyl (C=O) groups is 1. The molecule has 0 fully saturated rings. The molecule has 2 aromatic carbocycles. The van der Waals surface area contributed by atoms with Gasteiger partial charge in [-0.25, -0.2) is 13.4 Å². The van der Waals surface area contributed by atoms with Crippen molar-refractivity contribution < 1.29 is 17.9 Å². The lowest BCUT2D eigenvalue weighted by Gasteiger charge is -2.07. The standard InChI is InChI=1S/C21H19ClN4O4S2/c1-13-11-19(24-20(27)9-10-32(28,29)16-6-3-14(22)4-7-16)26(25-13)21-23-17-12-15(30-2)5-8-18(17)31-21/h3-8,11-12H,9-10H2,1-2H3,(H,24,27). The fourth-order valence-electron chi connectivity index (χ4n) is 3.04. The van der Waals surface area contributed by atoms with Crippen LogP contribution in [0.4, 0.5) is 5.82 Å². The summed E-state index contributed by atoms with van der Waals surface area (Å²) < 4.78 is 32.7. The molecular weight excluding hydrogens is 472 g/mol. The van der Waals surface area contributed by atoms with Gasteiger partial charge in [-0.05, 0) is 43.3 Å². The Balaban J connectivity index is 1.50. The van der Waals surface area contributed by atoms with Gasteiger partial charge in [0.1, 0.15) is 11.6 Å². The molecule has 0 saturated heterocycles. The number of ether oxygens (including phenoxy) is 1. The number of benzene rings is 2. The first-order valence-electron chi connectivity index (χ1n) is 9.55. The highest BCUT2D eigenvalue weighted by molar-refractivity contribution is 7.91. The van der Waals surface area contributed by atoms with E-state index >= 15 is 0 Å². The molecule has 4 aromatic rings. The lowest BCUT2D eigenvalue weighted by molar-refractivity contribution is -0.115. The zero-order valence-corrected chi connectivity index (χ0v) is 19.6. The quantitative estimate of drug-likeness (QED) is 0.415. The zero-order valence-electron chi connectivity index (χ0n) is 17.2. The number of hydrogen-bond acceptors (Lipinski definition) is 7. The van der Waals surface area contributed by atoms with Gasteiger partial charge in [-0.3, -0.25) is 4.79 Å². The van der Waals surface area contributed by atoms with Crippen LogP contribution in [0.1, 0.15) is 12.1 Å². The van der Waals surface area contributed by atoms with Crippen molar-refractivity contribution in [2.75, 3.05) is 18.2 Å². The molecule has 0 aliphatic heterocycles. The minimum Gasteiger partial charge on any atom is -0.497 e. The first-order valence-corrected chi connectivity index (χ1v) is 12.4. The van der Waals surface area contributed by atoms with Crippen LogP contribution in [0.2, 0.25) is 5.02 Å². The largest absolute Gasteiger partial charge is 0.497 e. The number of aromatic nitrogens is 3. The third-order valence-corrected chi connectivity index (χ3v) is 7.63. The molecule has 32 heavy (non-hydrogen) atoms. The second-order valence-electron chi connectivity index (χ2n) is 6.98. The van der Waals surface area contributed by atoms with E-state index in [1.807, 2.05) is 18.2 Å². The van der Waals surface area contributed by atoms with Crippen molar-refractivity contribution in [3.05, 3.63) is 59.2 Å². The fraction of sp³-hybridized carbons (Fsp3) is 0.190. The number of anilines is 1. The van der Waals surface area contributed by atoms with E-state index in [2.05, 4.69) is 15.4 Å². The molecule has 0 spiro atoms. The van der Waals surface area contributed by atoms with Gasteiger partial charge in [0, 0.05) is 23.6 Å². The summed E-state index contributed by atoms with van der Waals surface area (Å²) in [6.07, 6.45) is -0.202. The predicted octanol–water partition coefficient (Wildman–Crippen LogP) is 4.25. The predicted molar refractivity (Wildman–Crippen MR) is 125 cm³/mol. The summed E-state index contributed by atoms with van der Waals surface area (Å²) in [5, 5.41) is 8.19. The first-order chi connectivity index (χ1) is 15.2. The lowest BCUT2D eigenvalue weighted by Crippen LogP contribution is -2.19. The monoisotopic (exact) mass is 490 g/mol. The third-order valence-electron chi connectivity index (χ3n) is 4.63. The minimum absolute atomic E-state index is 0.125. The molecule has 0 radical (unpaired) electrons. The number of carbonyl (C=O) groups excluding carboxylic acids is 1. The van der Waals surface area contributed by atoms with E-state index in [-0.39, 0.29) is 17.1 Å². The molecule has 8 nitrogen and oxygen atoms in total. The number of thiazole rings is 1. The molecular formula is C21H19ClN4O4S2. The molecule has 0 aliphatic carbocycles. The Morgan fingerprint density at radius 2 is 1.94 bits per heavy atom. The number of sulfone groups is 1. The van der Waals surface area contributed by atoms with E-state index in [4.69, 9.17) is 16.3 Å². The average Bonchev–Trinajstić information content (AvgIpc) is 3.34. The van der Waals surface area contributed by atoms with Gasteiger partial charge in [0.2, 0.25) is 11.0 Å². The number of amides is 1. The number of methoxy groups -OCH3 is 1. The van der Waals surface area contributed by atoms with Gasteiger partial charge in [-0.1, -0.05) is 22.9 Å². The summed E-state index contributed by atoms with van der Waals surface area (Å²) in [4.78, 5) is 17.2. The lowest BCUT2D eigenvalue weighted by atomic mass is 10.3. The van der Waals surface area contributed by atoms with Gasteiger partial charge >= 0.3 is 0 Å². The zero-order chi connectivity index (χ0) is 22.9. The van der Waals surface area contributed by atoms with E-state index in [1.165, 1.54) is 40.3 Å². The van der Waals surface area contributed by atoms with E-state index < -0.39 is 15.7 Å². The Labute approximate surface area is 193 Å². The maximum atomic E-state index is 12.5. The van der Waals surface area contributed by atoms with Crippen LogP contribution in [0, 0.1) is 6.92 Å². The van der Waals surface area contributed by atoms with Gasteiger partial charge in [0.15, 0.2) is 9.84 Å². The van der Waals surface area contributed by atoms with E-state index in [9.17, 15) is 13.2 Å². The highest BCUT2D eigenvalue weighted by Crippen LogP contribution is 2.29. The number of nitrogens with one attached hydrogen (secondary N) is 1. The normalized spacial score (nSPS) is 11.6. The van der Waals surface area contributed by atoms with Crippen LogP contribution in [0.5, 0.6) is 5.75 Å². The maximum absolute atomic E-state index is 12.5. The number of hydrogen-bond donors (Lipinski definition) is 1. The van der Waals surface area contributed by atoms with Gasteiger partial charge in [-0.2, -0.15) is 9.78 Å².